The zero-order valence-corrected chi connectivity index (χ0v) is 40.3. The van der Waals surface area contributed by atoms with E-state index in [1.165, 1.54) is 141 Å². The van der Waals surface area contributed by atoms with Crippen molar-refractivity contribution in [1.82, 2.24) is 9.80 Å². The van der Waals surface area contributed by atoms with Crippen LogP contribution >= 0.6 is 0 Å². The monoisotopic (exact) mass is 888 g/mol. The number of aliphatic hydroxyl groups is 2. The summed E-state index contributed by atoms with van der Waals surface area (Å²) in [5.41, 5.74) is 4.53. The fraction of sp³-hybridized carbons (Fsp3) is 0.840. The summed E-state index contributed by atoms with van der Waals surface area (Å²) in [5.74, 6) is 0. The topological polar surface area (TPSA) is 189 Å². The Morgan fingerprint density at radius 1 is 0.429 bits per heavy atom. The fourth-order valence-electron chi connectivity index (χ4n) is 8.61. The van der Waals surface area contributed by atoms with E-state index in [4.69, 9.17) is 5.73 Å². The van der Waals surface area contributed by atoms with Gasteiger partial charge in [0.1, 0.15) is 22.7 Å². The first-order valence-electron chi connectivity index (χ1n) is 25.7. The molecule has 2 aromatic carbocycles. The van der Waals surface area contributed by atoms with Crippen molar-refractivity contribution in [3.63, 3.8) is 0 Å². The molecule has 13 heteroatoms. The maximum Gasteiger partial charge on any atom is 0.253 e. The lowest BCUT2D eigenvalue weighted by atomic mass is 10.1. The Kier molecular flexibility index (Phi) is 32.5. The van der Waals surface area contributed by atoms with Gasteiger partial charge < -0.3 is 47.0 Å². The highest BCUT2D eigenvalue weighted by atomic mass is 16.3. The molecular weight excluding hydrogens is 795 g/mol. The molecule has 0 aliphatic rings. The molecule has 63 heavy (non-hydrogen) atoms. The van der Waals surface area contributed by atoms with Crippen molar-refractivity contribution in [2.75, 3.05) is 93.8 Å². The van der Waals surface area contributed by atoms with Crippen LogP contribution in [0.2, 0.25) is 0 Å². The molecule has 0 heterocycles. The van der Waals surface area contributed by atoms with Crippen LogP contribution < -0.4 is 48.7 Å². The van der Waals surface area contributed by atoms with Gasteiger partial charge in [-0.25, -0.2) is 0 Å². The van der Waals surface area contributed by atoms with Crippen LogP contribution in [0.1, 0.15) is 187 Å². The minimum Gasteiger partial charge on any atom is -0.390 e. The second-order valence-corrected chi connectivity index (χ2v) is 18.3. The van der Waals surface area contributed by atoms with Gasteiger partial charge in [0.05, 0.1) is 12.2 Å². The largest absolute Gasteiger partial charge is 0.390 e. The first kappa shape index (κ1) is 56.3. The lowest BCUT2D eigenvalue weighted by Gasteiger charge is -2.27. The molecule has 2 atom stereocenters. The van der Waals surface area contributed by atoms with E-state index in [1.807, 2.05) is 0 Å². The van der Waals surface area contributed by atoms with E-state index in [0.717, 1.165) is 51.9 Å². The average molecular weight is 888 g/mol. The Hall–Kier alpha value is -2.84. The molecule has 2 unspecified atom stereocenters. The van der Waals surface area contributed by atoms with E-state index in [-0.39, 0.29) is 35.8 Å². The predicted molar refractivity (Wildman–Crippen MR) is 268 cm³/mol. The zero-order valence-electron chi connectivity index (χ0n) is 40.3. The lowest BCUT2D eigenvalue weighted by molar-refractivity contribution is 0.109. The van der Waals surface area contributed by atoms with E-state index in [1.54, 1.807) is 7.05 Å². The molecule has 0 aromatic heterocycles. The molecule has 0 aliphatic carbocycles. The van der Waals surface area contributed by atoms with Gasteiger partial charge in [-0.3, -0.25) is 19.2 Å². The number of unbranched alkanes of at least 4 members (excludes halogenated alkanes) is 23. The highest BCUT2D eigenvalue weighted by molar-refractivity contribution is 5.74. The van der Waals surface area contributed by atoms with Gasteiger partial charge in [-0.2, -0.15) is 0 Å². The number of hydrogen-bond acceptors (Lipinski definition) is 13. The number of anilines is 4. The predicted octanol–water partition coefficient (Wildman–Crippen LogP) is 7.71. The SMILES string of the molecule is CCCCCCCCCCCCCCN(CCCCN(CCCCCCCCCCCCCC)CC(O)CNc1c(NCCCNc2c(NC)c(=O)c2=O)c(=O)c1=O)CC(O)CN. The Balaban J connectivity index is 1.81. The van der Waals surface area contributed by atoms with Gasteiger partial charge in [0.2, 0.25) is 0 Å². The van der Waals surface area contributed by atoms with Crippen LogP contribution in [0.4, 0.5) is 22.7 Å². The van der Waals surface area contributed by atoms with E-state index in [9.17, 15) is 29.4 Å². The van der Waals surface area contributed by atoms with E-state index in [2.05, 4.69) is 44.9 Å². The number of hydrogen-bond donors (Lipinski definition) is 7. The number of rotatable bonds is 46. The van der Waals surface area contributed by atoms with Crippen molar-refractivity contribution >= 4 is 22.7 Å². The molecule has 0 aliphatic heterocycles. The van der Waals surface area contributed by atoms with E-state index < -0.39 is 33.9 Å². The van der Waals surface area contributed by atoms with Crippen molar-refractivity contribution in [1.29, 1.82) is 0 Å². The van der Waals surface area contributed by atoms with Crippen LogP contribution in [0.25, 0.3) is 0 Å². The minimum atomic E-state index is -0.733. The lowest BCUT2D eigenvalue weighted by Crippen LogP contribution is -2.42. The molecule has 0 saturated carbocycles. The summed E-state index contributed by atoms with van der Waals surface area (Å²) in [5, 5.41) is 33.3. The van der Waals surface area contributed by atoms with Crippen molar-refractivity contribution < 1.29 is 10.2 Å². The first-order chi connectivity index (χ1) is 30.7. The zero-order chi connectivity index (χ0) is 45.9. The summed E-state index contributed by atoms with van der Waals surface area (Å²) in [4.78, 5) is 53.0. The summed E-state index contributed by atoms with van der Waals surface area (Å²) in [6.45, 7) is 10.5. The fourth-order valence-corrected chi connectivity index (χ4v) is 8.61. The maximum absolute atomic E-state index is 12.5. The van der Waals surface area contributed by atoms with E-state index in [0.29, 0.717) is 32.6 Å². The molecule has 0 fully saturated rings. The highest BCUT2D eigenvalue weighted by Gasteiger charge is 2.22. The van der Waals surface area contributed by atoms with Crippen LogP contribution in [0.15, 0.2) is 19.2 Å². The summed E-state index contributed by atoms with van der Waals surface area (Å²) < 4.78 is 0. The number of nitrogens with zero attached hydrogens (tertiary/aromatic N) is 2. The third-order valence-electron chi connectivity index (χ3n) is 12.6. The third-order valence-corrected chi connectivity index (χ3v) is 12.6. The van der Waals surface area contributed by atoms with Gasteiger partial charge in [-0.05, 0) is 58.3 Å². The van der Waals surface area contributed by atoms with Gasteiger partial charge in [0.15, 0.2) is 0 Å². The Morgan fingerprint density at radius 3 is 1.10 bits per heavy atom. The van der Waals surface area contributed by atoms with Crippen molar-refractivity contribution in [2.24, 2.45) is 5.73 Å². The molecule has 2 aromatic rings. The number of nitrogens with one attached hydrogen (secondary N) is 4. The summed E-state index contributed by atoms with van der Waals surface area (Å²) in [7, 11) is 1.59. The number of nitrogens with two attached hydrogens (primary N) is 1. The molecule has 0 saturated heterocycles. The minimum absolute atomic E-state index is 0.150. The Bertz CT molecular complexity index is 1560. The average Bonchev–Trinajstić information content (AvgIpc) is 3.28. The molecule has 364 valence electrons. The van der Waals surface area contributed by atoms with Crippen LogP contribution in [0, 0.1) is 0 Å². The van der Waals surface area contributed by atoms with Gasteiger partial charge >= 0.3 is 0 Å². The molecule has 0 amide bonds. The van der Waals surface area contributed by atoms with Crippen molar-refractivity contribution in [3.05, 3.63) is 40.9 Å². The van der Waals surface area contributed by atoms with Gasteiger partial charge in [0, 0.05) is 46.3 Å². The Labute approximate surface area is 381 Å². The summed E-state index contributed by atoms with van der Waals surface area (Å²) >= 11 is 0. The van der Waals surface area contributed by atoms with Crippen molar-refractivity contribution in [2.45, 2.75) is 199 Å². The van der Waals surface area contributed by atoms with Crippen LogP contribution in [-0.4, -0.2) is 105 Å². The molecular formula is C50H93N7O6. The molecule has 0 radical (unpaired) electrons. The van der Waals surface area contributed by atoms with Crippen LogP contribution in [0.5, 0.6) is 0 Å². The number of aliphatic hydroxyl groups excluding tert-OH is 2. The van der Waals surface area contributed by atoms with Crippen LogP contribution in [0.3, 0.4) is 0 Å². The molecule has 0 spiro atoms. The van der Waals surface area contributed by atoms with Crippen LogP contribution in [-0.2, 0) is 0 Å². The first-order valence-corrected chi connectivity index (χ1v) is 25.7. The molecule has 0 bridgehead atoms. The van der Waals surface area contributed by atoms with Crippen molar-refractivity contribution in [3.8, 4) is 0 Å². The standard InChI is InChI=1S/C50H93N7O6/c1-4-6-8-10-12-14-16-18-20-22-24-26-33-56(39-41(58)37-51)35-28-29-36-57(34-27-25-23-21-19-17-15-13-11-9-7-5-2)40-42(59)38-55-46-45(49(62)50(46)63)54-32-30-31-53-44-43(52-3)47(60)48(44)61/h41-42,52-55,58-59H,4-40,51H2,1-3H3. The molecule has 2 rings (SSSR count). The molecule has 13 nitrogen and oxygen atoms in total. The second-order valence-electron chi connectivity index (χ2n) is 18.3. The maximum atomic E-state index is 12.5. The third kappa shape index (κ3) is 24.3. The van der Waals surface area contributed by atoms with Gasteiger partial charge in [-0.15, -0.1) is 0 Å². The van der Waals surface area contributed by atoms with Gasteiger partial charge in [0.25, 0.3) is 21.7 Å². The highest BCUT2D eigenvalue weighted by Crippen LogP contribution is 2.17. The normalized spacial score (nSPS) is 12.8. The Morgan fingerprint density at radius 2 is 0.730 bits per heavy atom. The van der Waals surface area contributed by atoms with Gasteiger partial charge in [-0.1, -0.05) is 155 Å². The summed E-state index contributed by atoms with van der Waals surface area (Å²) in [6, 6.07) is 0. The second kappa shape index (κ2) is 36.4. The quantitative estimate of drug-likeness (QED) is 0.0253. The smallest absolute Gasteiger partial charge is 0.253 e. The molecule has 8 N–H and O–H groups in total. The van der Waals surface area contributed by atoms with E-state index >= 15 is 0 Å². The summed E-state index contributed by atoms with van der Waals surface area (Å²) in [6.07, 6.45) is 32.6.